The third-order valence-electron chi connectivity index (χ3n) is 2.37. The first-order chi connectivity index (χ1) is 8.61. The van der Waals surface area contributed by atoms with E-state index in [1.807, 2.05) is 24.3 Å². The van der Waals surface area contributed by atoms with Crippen LogP contribution < -0.4 is 0 Å². The first kappa shape index (κ1) is 13.2. The largest absolute Gasteiger partial charge is 0.296 e. The van der Waals surface area contributed by atoms with E-state index in [2.05, 4.69) is 20.9 Å². The smallest absolute Gasteiger partial charge is 0.274 e. The third-order valence-corrected chi connectivity index (χ3v) is 3.79. The predicted octanol–water partition coefficient (Wildman–Crippen LogP) is 3.21. The summed E-state index contributed by atoms with van der Waals surface area (Å²) in [6.45, 7) is 0. The van der Waals surface area contributed by atoms with E-state index in [9.17, 15) is 4.79 Å². The Bertz CT molecular complexity index is 553. The molecule has 0 radical (unpaired) electrons. The fourth-order valence-corrected chi connectivity index (χ4v) is 2.41. The zero-order valence-electron chi connectivity index (χ0n) is 9.88. The number of benzene rings is 1. The van der Waals surface area contributed by atoms with Crippen molar-refractivity contribution in [3.8, 4) is 10.6 Å². The Morgan fingerprint density at radius 1 is 1.39 bits per heavy atom. The highest BCUT2D eigenvalue weighted by Crippen LogP contribution is 2.25. The van der Waals surface area contributed by atoms with Crippen molar-refractivity contribution in [2.45, 2.75) is 0 Å². The molecule has 0 aliphatic carbocycles. The van der Waals surface area contributed by atoms with Crippen LogP contribution in [0.1, 0.15) is 10.5 Å². The summed E-state index contributed by atoms with van der Waals surface area (Å²) in [7, 11) is 3.00. The first-order valence-electron chi connectivity index (χ1n) is 5.15. The number of hydrogen-bond acceptors (Lipinski definition) is 4. The van der Waals surface area contributed by atoms with E-state index in [4.69, 9.17) is 4.84 Å². The maximum Gasteiger partial charge on any atom is 0.296 e. The van der Waals surface area contributed by atoms with Gasteiger partial charge in [0.2, 0.25) is 0 Å². The van der Waals surface area contributed by atoms with Crippen LogP contribution in [0.5, 0.6) is 0 Å². The highest BCUT2D eigenvalue weighted by atomic mass is 79.9. The Balaban J connectivity index is 2.25. The molecule has 0 bridgehead atoms. The van der Waals surface area contributed by atoms with Crippen molar-refractivity contribution in [3.05, 3.63) is 39.8 Å². The lowest BCUT2D eigenvalue weighted by atomic mass is 10.2. The van der Waals surface area contributed by atoms with Gasteiger partial charge in [-0.15, -0.1) is 11.3 Å². The van der Waals surface area contributed by atoms with E-state index >= 15 is 0 Å². The third kappa shape index (κ3) is 2.77. The standard InChI is InChI=1S/C12H11BrN2O2S/c1-15(17-2)12(16)10-7-18-11(14-10)8-3-5-9(13)6-4-8/h3-7H,1-2H3. The fraction of sp³-hybridized carbons (Fsp3) is 0.167. The summed E-state index contributed by atoms with van der Waals surface area (Å²) in [6, 6.07) is 7.80. The summed E-state index contributed by atoms with van der Waals surface area (Å²) in [5.41, 5.74) is 1.38. The average Bonchev–Trinajstić information content (AvgIpc) is 2.87. The Hall–Kier alpha value is -1.24. The van der Waals surface area contributed by atoms with E-state index in [0.29, 0.717) is 5.69 Å². The number of carbonyl (C=O) groups is 1. The highest BCUT2D eigenvalue weighted by molar-refractivity contribution is 9.10. The highest BCUT2D eigenvalue weighted by Gasteiger charge is 2.15. The van der Waals surface area contributed by atoms with Crippen LogP contribution in [0.3, 0.4) is 0 Å². The summed E-state index contributed by atoms with van der Waals surface area (Å²) in [5, 5.41) is 3.70. The lowest BCUT2D eigenvalue weighted by molar-refractivity contribution is -0.0760. The molecule has 4 nitrogen and oxygen atoms in total. The van der Waals surface area contributed by atoms with E-state index in [1.165, 1.54) is 18.4 Å². The Morgan fingerprint density at radius 3 is 2.67 bits per heavy atom. The molecule has 0 atom stereocenters. The average molecular weight is 327 g/mol. The van der Waals surface area contributed by atoms with E-state index < -0.39 is 0 Å². The molecule has 0 N–H and O–H groups in total. The molecule has 0 spiro atoms. The maximum absolute atomic E-state index is 11.8. The van der Waals surface area contributed by atoms with Crippen LogP contribution in [0.2, 0.25) is 0 Å². The molecule has 6 heteroatoms. The lowest BCUT2D eigenvalue weighted by Gasteiger charge is -2.11. The van der Waals surface area contributed by atoms with Crippen molar-refractivity contribution in [2.75, 3.05) is 14.2 Å². The van der Waals surface area contributed by atoms with E-state index in [0.717, 1.165) is 20.1 Å². The van der Waals surface area contributed by atoms with Gasteiger partial charge in [-0.25, -0.2) is 10.0 Å². The minimum absolute atomic E-state index is 0.253. The number of thiazole rings is 1. The Morgan fingerprint density at radius 2 is 2.06 bits per heavy atom. The number of hydroxylamine groups is 2. The van der Waals surface area contributed by atoms with Crippen LogP contribution in [-0.2, 0) is 4.84 Å². The number of nitrogens with zero attached hydrogens (tertiary/aromatic N) is 2. The number of rotatable bonds is 3. The summed E-state index contributed by atoms with van der Waals surface area (Å²) in [5.74, 6) is -0.253. The van der Waals surface area contributed by atoms with Gasteiger partial charge in [0.05, 0.1) is 7.11 Å². The van der Waals surface area contributed by atoms with Gasteiger partial charge in [-0.3, -0.25) is 9.63 Å². The number of carbonyl (C=O) groups excluding carboxylic acids is 1. The molecule has 0 aliphatic rings. The molecule has 0 saturated heterocycles. The number of amides is 1. The summed E-state index contributed by atoms with van der Waals surface area (Å²) in [6.07, 6.45) is 0. The Kier molecular flexibility index (Phi) is 4.11. The molecular weight excluding hydrogens is 316 g/mol. The van der Waals surface area contributed by atoms with Crippen LogP contribution in [0, 0.1) is 0 Å². The molecule has 0 saturated carbocycles. The maximum atomic E-state index is 11.8. The minimum Gasteiger partial charge on any atom is -0.274 e. The fourth-order valence-electron chi connectivity index (χ4n) is 1.34. The van der Waals surface area contributed by atoms with Gasteiger partial charge < -0.3 is 0 Å². The molecule has 1 aromatic carbocycles. The second-order valence-electron chi connectivity index (χ2n) is 3.53. The van der Waals surface area contributed by atoms with Gasteiger partial charge in [0.25, 0.3) is 5.91 Å². The second kappa shape index (κ2) is 5.60. The molecule has 0 unspecified atom stereocenters. The van der Waals surface area contributed by atoms with Gasteiger partial charge in [0, 0.05) is 22.5 Å². The van der Waals surface area contributed by atoms with Crippen LogP contribution in [0.25, 0.3) is 10.6 Å². The van der Waals surface area contributed by atoms with Gasteiger partial charge in [-0.2, -0.15) is 0 Å². The van der Waals surface area contributed by atoms with Gasteiger partial charge in [0.1, 0.15) is 10.7 Å². The van der Waals surface area contributed by atoms with Gasteiger partial charge in [-0.05, 0) is 12.1 Å². The number of hydrogen-bond donors (Lipinski definition) is 0. The van der Waals surface area contributed by atoms with Crippen molar-refractivity contribution in [2.24, 2.45) is 0 Å². The number of aromatic nitrogens is 1. The molecule has 1 heterocycles. The normalized spacial score (nSPS) is 10.4. The van der Waals surface area contributed by atoms with Crippen LogP contribution in [0.15, 0.2) is 34.1 Å². The van der Waals surface area contributed by atoms with Crippen LogP contribution >= 0.6 is 27.3 Å². The van der Waals surface area contributed by atoms with E-state index in [-0.39, 0.29) is 5.91 Å². The van der Waals surface area contributed by atoms with Crippen molar-refractivity contribution >= 4 is 33.2 Å². The molecule has 0 fully saturated rings. The molecule has 94 valence electrons. The van der Waals surface area contributed by atoms with E-state index in [1.54, 1.807) is 12.4 Å². The molecule has 1 aromatic heterocycles. The molecule has 2 aromatic rings. The molecule has 1 amide bonds. The molecule has 18 heavy (non-hydrogen) atoms. The van der Waals surface area contributed by atoms with Crippen molar-refractivity contribution in [1.29, 1.82) is 0 Å². The molecular formula is C12H11BrN2O2S. The number of halogens is 1. The van der Waals surface area contributed by atoms with Gasteiger partial charge >= 0.3 is 0 Å². The van der Waals surface area contributed by atoms with Crippen LogP contribution in [-0.4, -0.2) is 30.1 Å². The minimum atomic E-state index is -0.253. The summed E-state index contributed by atoms with van der Waals surface area (Å²) in [4.78, 5) is 21.0. The second-order valence-corrected chi connectivity index (χ2v) is 5.30. The predicted molar refractivity (Wildman–Crippen MR) is 74.4 cm³/mol. The van der Waals surface area contributed by atoms with Gasteiger partial charge in [0.15, 0.2) is 0 Å². The van der Waals surface area contributed by atoms with Crippen molar-refractivity contribution in [1.82, 2.24) is 10.0 Å². The zero-order chi connectivity index (χ0) is 13.1. The molecule has 2 rings (SSSR count). The Labute approximate surface area is 117 Å². The topological polar surface area (TPSA) is 42.4 Å². The van der Waals surface area contributed by atoms with Crippen LogP contribution in [0.4, 0.5) is 0 Å². The van der Waals surface area contributed by atoms with Gasteiger partial charge in [-0.1, -0.05) is 28.1 Å². The quantitative estimate of drug-likeness (QED) is 0.813. The summed E-state index contributed by atoms with van der Waals surface area (Å²) < 4.78 is 1.01. The molecule has 0 aliphatic heterocycles. The zero-order valence-corrected chi connectivity index (χ0v) is 12.3. The summed E-state index contributed by atoms with van der Waals surface area (Å²) >= 11 is 4.82. The lowest BCUT2D eigenvalue weighted by Crippen LogP contribution is -2.25. The first-order valence-corrected chi connectivity index (χ1v) is 6.82. The SMILES string of the molecule is CON(C)C(=O)c1csc(-c2ccc(Br)cc2)n1. The van der Waals surface area contributed by atoms with Crippen molar-refractivity contribution in [3.63, 3.8) is 0 Å². The van der Waals surface area contributed by atoms with Crippen molar-refractivity contribution < 1.29 is 9.63 Å². The monoisotopic (exact) mass is 326 g/mol.